The van der Waals surface area contributed by atoms with Gasteiger partial charge in [-0.15, -0.1) is 0 Å². The Morgan fingerprint density at radius 1 is 1.08 bits per heavy atom. The van der Waals surface area contributed by atoms with E-state index in [-0.39, 0.29) is 17.1 Å². The molecule has 0 aliphatic rings. The lowest BCUT2D eigenvalue weighted by atomic mass is 10.1. The van der Waals surface area contributed by atoms with Crippen molar-refractivity contribution in [1.29, 1.82) is 0 Å². The van der Waals surface area contributed by atoms with Crippen LogP contribution < -0.4 is 5.32 Å². The number of ether oxygens (including phenoxy) is 1. The van der Waals surface area contributed by atoms with E-state index in [0.717, 1.165) is 30.3 Å². The predicted octanol–water partition coefficient (Wildman–Crippen LogP) is 3.97. The van der Waals surface area contributed by atoms with Gasteiger partial charge in [-0.05, 0) is 35.9 Å². The molecule has 26 heavy (non-hydrogen) atoms. The quantitative estimate of drug-likeness (QED) is 0.622. The zero-order valence-electron chi connectivity index (χ0n) is 13.1. The number of nitrogens with one attached hydrogen (secondary N) is 1. The van der Waals surface area contributed by atoms with E-state index in [4.69, 9.17) is 16.3 Å². The van der Waals surface area contributed by atoms with Gasteiger partial charge in [0.25, 0.3) is 5.91 Å². The molecule has 138 valence electrons. The summed E-state index contributed by atoms with van der Waals surface area (Å²) in [6.45, 7) is -0.654. The van der Waals surface area contributed by atoms with Crippen LogP contribution in [-0.4, -0.2) is 18.5 Å². The fraction of sp³-hybridized carbons (Fsp3) is 0.176. The summed E-state index contributed by atoms with van der Waals surface area (Å²) in [5, 5.41) is 2.24. The number of hydrogen-bond donors (Lipinski definition) is 1. The summed E-state index contributed by atoms with van der Waals surface area (Å²) < 4.78 is 55.0. The first-order valence-corrected chi connectivity index (χ1v) is 7.59. The van der Waals surface area contributed by atoms with Gasteiger partial charge in [-0.1, -0.05) is 23.7 Å². The Morgan fingerprint density at radius 2 is 1.73 bits per heavy atom. The molecule has 0 radical (unpaired) electrons. The molecule has 4 nitrogen and oxygen atoms in total. The van der Waals surface area contributed by atoms with Crippen molar-refractivity contribution >= 4 is 23.5 Å². The second-order valence-electron chi connectivity index (χ2n) is 5.17. The molecule has 9 heteroatoms. The van der Waals surface area contributed by atoms with Crippen molar-refractivity contribution in [2.24, 2.45) is 0 Å². The highest BCUT2D eigenvalue weighted by Crippen LogP contribution is 2.29. The predicted molar refractivity (Wildman–Crippen MR) is 85.0 cm³/mol. The first-order valence-electron chi connectivity index (χ1n) is 7.22. The van der Waals surface area contributed by atoms with E-state index in [2.05, 4.69) is 5.32 Å². The number of halogens is 5. The zero-order chi connectivity index (χ0) is 19.3. The molecule has 2 rings (SSSR count). The first kappa shape index (κ1) is 19.7. The Hall–Kier alpha value is -2.61. The molecule has 0 spiro atoms. The minimum absolute atomic E-state index is 0.0359. The van der Waals surface area contributed by atoms with E-state index in [1.165, 1.54) is 12.1 Å². The summed E-state index contributed by atoms with van der Waals surface area (Å²) in [7, 11) is 0. The van der Waals surface area contributed by atoms with Gasteiger partial charge < -0.3 is 10.1 Å². The zero-order valence-corrected chi connectivity index (χ0v) is 13.8. The maximum Gasteiger partial charge on any atom is 0.416 e. The Morgan fingerprint density at radius 3 is 2.31 bits per heavy atom. The van der Waals surface area contributed by atoms with E-state index in [1.54, 1.807) is 0 Å². The second-order valence-corrected chi connectivity index (χ2v) is 5.58. The molecule has 0 fully saturated rings. The van der Waals surface area contributed by atoms with Crippen LogP contribution in [0.1, 0.15) is 21.5 Å². The molecular weight excluding hydrogens is 378 g/mol. The summed E-state index contributed by atoms with van der Waals surface area (Å²) in [4.78, 5) is 23.4. The van der Waals surface area contributed by atoms with Crippen molar-refractivity contribution in [1.82, 2.24) is 5.32 Å². The molecule has 0 unspecified atom stereocenters. The van der Waals surface area contributed by atoms with Gasteiger partial charge in [0.2, 0.25) is 0 Å². The Bertz CT molecular complexity index is 807. The molecule has 0 atom stereocenters. The minimum Gasteiger partial charge on any atom is -0.452 e. The monoisotopic (exact) mass is 389 g/mol. The molecule has 0 aliphatic carbocycles. The Kier molecular flexibility index (Phi) is 6.20. The van der Waals surface area contributed by atoms with Crippen LogP contribution in [0.15, 0.2) is 42.5 Å². The van der Waals surface area contributed by atoms with Crippen molar-refractivity contribution in [2.45, 2.75) is 12.7 Å². The molecule has 0 aromatic heterocycles. The number of carbonyl (C=O) groups excluding carboxylic acids is 2. The number of amides is 1. The molecule has 0 saturated carbocycles. The first-order chi connectivity index (χ1) is 12.2. The lowest BCUT2D eigenvalue weighted by Gasteiger charge is -2.09. The van der Waals surface area contributed by atoms with Gasteiger partial charge in [0.15, 0.2) is 6.61 Å². The van der Waals surface area contributed by atoms with Gasteiger partial charge in [-0.3, -0.25) is 4.79 Å². The summed E-state index contributed by atoms with van der Waals surface area (Å²) in [5.74, 6) is -2.18. The SMILES string of the molecule is O=C(COC(=O)c1ccc(F)cc1Cl)NCc1ccc(C(F)(F)F)cc1. The van der Waals surface area contributed by atoms with Gasteiger partial charge in [0.05, 0.1) is 16.1 Å². The van der Waals surface area contributed by atoms with Crippen LogP contribution in [0.4, 0.5) is 17.6 Å². The maximum atomic E-state index is 12.9. The number of carbonyl (C=O) groups is 2. The van der Waals surface area contributed by atoms with Gasteiger partial charge in [-0.25, -0.2) is 9.18 Å². The summed E-state index contributed by atoms with van der Waals surface area (Å²) in [6.07, 6.45) is -4.43. The van der Waals surface area contributed by atoms with Crippen molar-refractivity contribution < 1.29 is 31.9 Å². The van der Waals surface area contributed by atoms with E-state index in [9.17, 15) is 27.2 Å². The van der Waals surface area contributed by atoms with Crippen molar-refractivity contribution in [2.75, 3.05) is 6.61 Å². The van der Waals surface area contributed by atoms with Crippen molar-refractivity contribution in [3.63, 3.8) is 0 Å². The molecular formula is C17H12ClF4NO3. The molecule has 0 heterocycles. The standard InChI is InChI=1S/C17H12ClF4NO3/c18-14-7-12(19)5-6-13(14)16(25)26-9-15(24)23-8-10-1-3-11(4-2-10)17(20,21)22/h1-7H,8-9H2,(H,23,24). The second kappa shape index (κ2) is 8.18. The topological polar surface area (TPSA) is 55.4 Å². The number of hydrogen-bond acceptors (Lipinski definition) is 3. The van der Waals surface area contributed by atoms with E-state index >= 15 is 0 Å². The number of benzene rings is 2. The van der Waals surface area contributed by atoms with Gasteiger partial charge in [0.1, 0.15) is 5.82 Å². The van der Waals surface area contributed by atoms with Crippen LogP contribution in [0.5, 0.6) is 0 Å². The number of alkyl halides is 3. The Balaban J connectivity index is 1.82. The van der Waals surface area contributed by atoms with Gasteiger partial charge >= 0.3 is 12.1 Å². The van der Waals surface area contributed by atoms with Crippen molar-refractivity contribution in [3.05, 3.63) is 70.0 Å². The van der Waals surface area contributed by atoms with E-state index < -0.39 is 36.0 Å². The number of esters is 1. The third-order valence-corrected chi connectivity index (χ3v) is 3.57. The average Bonchev–Trinajstić information content (AvgIpc) is 2.57. The van der Waals surface area contributed by atoms with Crippen LogP contribution in [0.3, 0.4) is 0 Å². The largest absolute Gasteiger partial charge is 0.452 e. The van der Waals surface area contributed by atoms with Gasteiger partial charge in [-0.2, -0.15) is 13.2 Å². The molecule has 0 saturated heterocycles. The molecule has 1 amide bonds. The Labute approximate surface area is 150 Å². The molecule has 0 aliphatic heterocycles. The third kappa shape index (κ3) is 5.45. The van der Waals surface area contributed by atoms with Crippen LogP contribution in [0.25, 0.3) is 0 Å². The molecule has 1 N–H and O–H groups in total. The average molecular weight is 390 g/mol. The van der Waals surface area contributed by atoms with E-state index in [0.29, 0.717) is 5.56 Å². The van der Waals surface area contributed by atoms with Crippen molar-refractivity contribution in [3.8, 4) is 0 Å². The molecule has 2 aromatic rings. The minimum atomic E-state index is -4.43. The summed E-state index contributed by atoms with van der Waals surface area (Å²) in [6, 6.07) is 7.34. The van der Waals surface area contributed by atoms with Crippen LogP contribution in [-0.2, 0) is 22.3 Å². The lowest BCUT2D eigenvalue weighted by Crippen LogP contribution is -2.28. The summed E-state index contributed by atoms with van der Waals surface area (Å²) in [5.41, 5.74) is -0.444. The van der Waals surface area contributed by atoms with Gasteiger partial charge in [0, 0.05) is 6.54 Å². The molecule has 2 aromatic carbocycles. The third-order valence-electron chi connectivity index (χ3n) is 3.26. The summed E-state index contributed by atoms with van der Waals surface area (Å²) >= 11 is 5.70. The van der Waals surface area contributed by atoms with E-state index in [1.807, 2.05) is 0 Å². The normalized spacial score (nSPS) is 11.1. The fourth-order valence-electron chi connectivity index (χ4n) is 1.93. The molecule has 0 bridgehead atoms. The van der Waals surface area contributed by atoms with Crippen LogP contribution in [0.2, 0.25) is 5.02 Å². The number of rotatable bonds is 5. The highest BCUT2D eigenvalue weighted by Gasteiger charge is 2.29. The highest BCUT2D eigenvalue weighted by molar-refractivity contribution is 6.33. The lowest BCUT2D eigenvalue weighted by molar-refractivity contribution is -0.137. The fourth-order valence-corrected chi connectivity index (χ4v) is 2.17. The van der Waals surface area contributed by atoms with Crippen LogP contribution >= 0.6 is 11.6 Å². The maximum absolute atomic E-state index is 12.9. The highest BCUT2D eigenvalue weighted by atomic mass is 35.5. The smallest absolute Gasteiger partial charge is 0.416 e. The van der Waals surface area contributed by atoms with Crippen LogP contribution in [0, 0.1) is 5.82 Å².